The van der Waals surface area contributed by atoms with Gasteiger partial charge < -0.3 is 10.1 Å². The second-order valence-corrected chi connectivity index (χ2v) is 5.69. The number of nitriles is 1. The second kappa shape index (κ2) is 8.02. The smallest absolute Gasteiger partial charge is 0.136 e. The summed E-state index contributed by atoms with van der Waals surface area (Å²) in [7, 11) is 1.62. The van der Waals surface area contributed by atoms with Gasteiger partial charge in [-0.3, -0.25) is 4.90 Å². The van der Waals surface area contributed by atoms with E-state index in [1.54, 1.807) is 7.11 Å². The van der Waals surface area contributed by atoms with Gasteiger partial charge in [-0.25, -0.2) is 0 Å². The van der Waals surface area contributed by atoms with Gasteiger partial charge in [-0.2, -0.15) is 5.26 Å². The summed E-state index contributed by atoms with van der Waals surface area (Å²) in [6.07, 6.45) is 2.60. The molecule has 0 aliphatic carbocycles. The monoisotopic (exact) mass is 287 g/mol. The molecule has 4 nitrogen and oxygen atoms in total. The molecule has 21 heavy (non-hydrogen) atoms. The highest BCUT2D eigenvalue weighted by molar-refractivity contribution is 5.45. The van der Waals surface area contributed by atoms with Crippen LogP contribution in [-0.4, -0.2) is 38.2 Å². The molecule has 1 heterocycles. The van der Waals surface area contributed by atoms with Crippen LogP contribution < -0.4 is 10.1 Å². The van der Waals surface area contributed by atoms with Crippen molar-refractivity contribution in [2.45, 2.75) is 26.3 Å². The van der Waals surface area contributed by atoms with E-state index in [4.69, 9.17) is 10.00 Å². The fraction of sp³-hybridized carbons (Fsp3) is 0.588. The van der Waals surface area contributed by atoms with E-state index in [1.165, 1.54) is 18.4 Å². The molecule has 0 bridgehead atoms. The Hall–Kier alpha value is -1.57. The number of rotatable bonds is 6. The van der Waals surface area contributed by atoms with E-state index in [1.807, 2.05) is 18.2 Å². The molecule has 0 amide bonds. The summed E-state index contributed by atoms with van der Waals surface area (Å²) in [6, 6.07) is 8.03. The molecule has 1 unspecified atom stereocenters. The van der Waals surface area contributed by atoms with Crippen molar-refractivity contribution in [1.82, 2.24) is 10.2 Å². The molecule has 4 heteroatoms. The molecular weight excluding hydrogens is 262 g/mol. The molecule has 1 atom stereocenters. The van der Waals surface area contributed by atoms with Gasteiger partial charge in [0.05, 0.1) is 12.7 Å². The zero-order chi connectivity index (χ0) is 15.1. The number of benzene rings is 1. The fourth-order valence-corrected chi connectivity index (χ4v) is 2.93. The van der Waals surface area contributed by atoms with Crippen LogP contribution in [-0.2, 0) is 6.54 Å². The first kappa shape index (κ1) is 15.8. The van der Waals surface area contributed by atoms with Gasteiger partial charge in [-0.1, -0.05) is 13.0 Å². The summed E-state index contributed by atoms with van der Waals surface area (Å²) >= 11 is 0. The van der Waals surface area contributed by atoms with Crippen LogP contribution in [0.1, 0.15) is 30.9 Å². The Bertz CT molecular complexity index is 489. The van der Waals surface area contributed by atoms with E-state index < -0.39 is 0 Å². The molecule has 1 aliphatic rings. The van der Waals surface area contributed by atoms with Crippen molar-refractivity contribution in [3.8, 4) is 11.8 Å². The summed E-state index contributed by atoms with van der Waals surface area (Å²) in [4.78, 5) is 2.47. The van der Waals surface area contributed by atoms with Gasteiger partial charge in [0.1, 0.15) is 11.8 Å². The molecule has 1 saturated heterocycles. The quantitative estimate of drug-likeness (QED) is 0.873. The molecule has 1 N–H and O–H groups in total. The first-order chi connectivity index (χ1) is 10.3. The molecule has 114 valence electrons. The Labute approximate surface area is 127 Å². The lowest BCUT2D eigenvalue weighted by atomic mass is 9.99. The number of hydrogen-bond donors (Lipinski definition) is 1. The summed E-state index contributed by atoms with van der Waals surface area (Å²) in [5.41, 5.74) is 1.80. The van der Waals surface area contributed by atoms with Crippen molar-refractivity contribution in [2.75, 3.05) is 33.3 Å². The van der Waals surface area contributed by atoms with Gasteiger partial charge in [0, 0.05) is 13.1 Å². The van der Waals surface area contributed by atoms with E-state index in [0.29, 0.717) is 11.3 Å². The highest BCUT2D eigenvalue weighted by Crippen LogP contribution is 2.21. The maximum atomic E-state index is 9.04. The molecule has 0 aromatic heterocycles. The van der Waals surface area contributed by atoms with Crippen molar-refractivity contribution >= 4 is 0 Å². The highest BCUT2D eigenvalue weighted by Gasteiger charge is 2.16. The highest BCUT2D eigenvalue weighted by atomic mass is 16.5. The Kier molecular flexibility index (Phi) is 6.04. The topological polar surface area (TPSA) is 48.3 Å². The van der Waals surface area contributed by atoms with Crippen molar-refractivity contribution in [3.05, 3.63) is 29.3 Å². The van der Waals surface area contributed by atoms with Crippen LogP contribution in [0.4, 0.5) is 0 Å². The first-order valence-electron chi connectivity index (χ1n) is 7.77. The van der Waals surface area contributed by atoms with Gasteiger partial charge >= 0.3 is 0 Å². The van der Waals surface area contributed by atoms with Gasteiger partial charge in [0.2, 0.25) is 0 Å². The average Bonchev–Trinajstić information content (AvgIpc) is 2.55. The van der Waals surface area contributed by atoms with Gasteiger partial charge in [-0.05, 0) is 56.1 Å². The van der Waals surface area contributed by atoms with Crippen LogP contribution in [0.2, 0.25) is 0 Å². The number of nitrogens with zero attached hydrogens (tertiary/aromatic N) is 2. The number of nitrogens with one attached hydrogen (secondary N) is 1. The van der Waals surface area contributed by atoms with Gasteiger partial charge in [0.25, 0.3) is 0 Å². The van der Waals surface area contributed by atoms with Crippen LogP contribution in [0.3, 0.4) is 0 Å². The summed E-state index contributed by atoms with van der Waals surface area (Å²) in [5.74, 6) is 1.42. The summed E-state index contributed by atoms with van der Waals surface area (Å²) in [5, 5.41) is 12.5. The predicted octanol–water partition coefficient (Wildman–Crippen LogP) is 2.39. The minimum atomic E-state index is 0.598. The van der Waals surface area contributed by atoms with Crippen LogP contribution in [0.15, 0.2) is 18.2 Å². The zero-order valence-corrected chi connectivity index (χ0v) is 13.1. The van der Waals surface area contributed by atoms with Crippen molar-refractivity contribution in [3.63, 3.8) is 0 Å². The molecule has 0 radical (unpaired) electrons. The van der Waals surface area contributed by atoms with Crippen LogP contribution in [0.25, 0.3) is 0 Å². The Morgan fingerprint density at radius 1 is 1.48 bits per heavy atom. The maximum Gasteiger partial charge on any atom is 0.136 e. The van der Waals surface area contributed by atoms with Crippen LogP contribution in [0.5, 0.6) is 5.75 Å². The third-order valence-corrected chi connectivity index (χ3v) is 4.16. The van der Waals surface area contributed by atoms with E-state index >= 15 is 0 Å². The number of ether oxygens (including phenoxy) is 1. The Balaban J connectivity index is 1.99. The van der Waals surface area contributed by atoms with E-state index in [2.05, 4.69) is 23.2 Å². The summed E-state index contributed by atoms with van der Waals surface area (Å²) in [6.45, 7) is 7.58. The zero-order valence-electron chi connectivity index (χ0n) is 13.1. The second-order valence-electron chi connectivity index (χ2n) is 5.69. The molecular formula is C17H25N3O. The molecule has 1 aliphatic heterocycles. The Morgan fingerprint density at radius 2 is 2.33 bits per heavy atom. The third-order valence-electron chi connectivity index (χ3n) is 4.16. The van der Waals surface area contributed by atoms with E-state index in [-0.39, 0.29) is 0 Å². The lowest BCUT2D eigenvalue weighted by Gasteiger charge is -2.29. The standard InChI is InChI=1S/C17H25N3O/c1-3-20(13-15-5-4-8-19-11-15)12-14-6-7-16(10-18)17(9-14)21-2/h6-7,9,15,19H,3-5,8,11-13H2,1-2H3. The van der Waals surface area contributed by atoms with Gasteiger partial charge in [-0.15, -0.1) is 0 Å². The Morgan fingerprint density at radius 3 is 2.95 bits per heavy atom. The molecule has 2 rings (SSSR count). The molecule has 0 spiro atoms. The number of hydrogen-bond acceptors (Lipinski definition) is 4. The largest absolute Gasteiger partial charge is 0.495 e. The van der Waals surface area contributed by atoms with E-state index in [0.717, 1.165) is 38.6 Å². The normalized spacial score (nSPS) is 18.5. The average molecular weight is 287 g/mol. The van der Waals surface area contributed by atoms with Crippen LogP contribution in [0, 0.1) is 17.2 Å². The fourth-order valence-electron chi connectivity index (χ4n) is 2.93. The lowest BCUT2D eigenvalue weighted by molar-refractivity contribution is 0.209. The van der Waals surface area contributed by atoms with Crippen LogP contribution >= 0.6 is 0 Å². The van der Waals surface area contributed by atoms with Crippen molar-refractivity contribution < 1.29 is 4.74 Å². The first-order valence-corrected chi connectivity index (χ1v) is 7.77. The predicted molar refractivity (Wildman–Crippen MR) is 84.3 cm³/mol. The minimum Gasteiger partial charge on any atom is -0.495 e. The molecule has 1 fully saturated rings. The molecule has 1 aromatic rings. The minimum absolute atomic E-state index is 0.598. The van der Waals surface area contributed by atoms with E-state index in [9.17, 15) is 0 Å². The SMILES string of the molecule is CCN(Cc1ccc(C#N)c(OC)c1)CC1CCCNC1. The summed E-state index contributed by atoms with van der Waals surface area (Å²) < 4.78 is 5.29. The maximum absolute atomic E-state index is 9.04. The third kappa shape index (κ3) is 4.45. The molecule has 1 aromatic carbocycles. The molecule has 0 saturated carbocycles. The van der Waals surface area contributed by atoms with Crippen molar-refractivity contribution in [1.29, 1.82) is 5.26 Å². The number of piperidine rings is 1. The number of methoxy groups -OCH3 is 1. The van der Waals surface area contributed by atoms with Crippen molar-refractivity contribution in [2.24, 2.45) is 5.92 Å². The lowest BCUT2D eigenvalue weighted by Crippen LogP contribution is -2.38. The van der Waals surface area contributed by atoms with Gasteiger partial charge in [0.15, 0.2) is 0 Å².